The lowest BCUT2D eigenvalue weighted by Gasteiger charge is -2.38. The summed E-state index contributed by atoms with van der Waals surface area (Å²) in [6.45, 7) is 0. The van der Waals surface area contributed by atoms with E-state index < -0.39 is 5.60 Å². The van der Waals surface area contributed by atoms with Crippen LogP contribution < -0.4 is 0 Å². The lowest BCUT2D eigenvalue weighted by Crippen LogP contribution is -2.46. The third-order valence-electron chi connectivity index (χ3n) is 2.81. The summed E-state index contributed by atoms with van der Waals surface area (Å²) < 4.78 is 5.24. The first-order valence-corrected chi connectivity index (χ1v) is 4.05. The molecule has 0 aromatic heterocycles. The highest BCUT2D eigenvalue weighted by Crippen LogP contribution is 2.38. The molecule has 0 aromatic carbocycles. The van der Waals surface area contributed by atoms with E-state index in [1.807, 2.05) is 6.08 Å². The van der Waals surface area contributed by atoms with Crippen LogP contribution in [0.3, 0.4) is 0 Å². The summed E-state index contributed by atoms with van der Waals surface area (Å²) in [6, 6.07) is 0. The van der Waals surface area contributed by atoms with Crippen molar-refractivity contribution in [3.8, 4) is 0 Å². The predicted molar refractivity (Wildman–Crippen MR) is 41.2 cm³/mol. The van der Waals surface area contributed by atoms with E-state index in [-0.39, 0.29) is 5.78 Å². The summed E-state index contributed by atoms with van der Waals surface area (Å²) in [5.41, 5.74) is -0.533. The average Bonchev–Trinajstić information content (AvgIpc) is 2.07. The van der Waals surface area contributed by atoms with Crippen LogP contribution in [0.5, 0.6) is 0 Å². The Kier molecular flexibility index (Phi) is 1.39. The number of allylic oxidation sites excluding steroid dienone is 1. The number of ether oxygens (including phenoxy) is 1. The summed E-state index contributed by atoms with van der Waals surface area (Å²) in [6.07, 6.45) is 6.73. The minimum absolute atomic E-state index is 0.263. The molecule has 2 nitrogen and oxygen atoms in total. The Balaban J connectivity index is 2.36. The van der Waals surface area contributed by atoms with E-state index in [1.54, 1.807) is 7.11 Å². The van der Waals surface area contributed by atoms with E-state index in [9.17, 15) is 4.79 Å². The van der Waals surface area contributed by atoms with Gasteiger partial charge in [-0.25, -0.2) is 0 Å². The smallest absolute Gasteiger partial charge is 0.169 e. The van der Waals surface area contributed by atoms with Gasteiger partial charge in [0.05, 0.1) is 0 Å². The number of methoxy groups -OCH3 is 1. The lowest BCUT2D eigenvalue weighted by atomic mass is 9.72. The molecule has 60 valence electrons. The third kappa shape index (κ3) is 0.857. The fourth-order valence-electron chi connectivity index (χ4n) is 1.97. The second kappa shape index (κ2) is 2.18. The highest BCUT2D eigenvalue weighted by molar-refractivity contribution is 5.91. The summed E-state index contributed by atoms with van der Waals surface area (Å²) in [7, 11) is 1.62. The van der Waals surface area contributed by atoms with E-state index in [0.29, 0.717) is 12.3 Å². The quantitative estimate of drug-likeness (QED) is 0.529. The van der Waals surface area contributed by atoms with Gasteiger partial charge in [0.15, 0.2) is 5.78 Å². The highest BCUT2D eigenvalue weighted by Gasteiger charge is 2.43. The molecule has 1 saturated carbocycles. The van der Waals surface area contributed by atoms with Crippen molar-refractivity contribution in [2.45, 2.75) is 24.9 Å². The van der Waals surface area contributed by atoms with Crippen LogP contribution in [0.2, 0.25) is 0 Å². The monoisotopic (exact) mass is 152 g/mol. The minimum Gasteiger partial charge on any atom is -0.366 e. The van der Waals surface area contributed by atoms with Gasteiger partial charge in [-0.2, -0.15) is 0 Å². The highest BCUT2D eigenvalue weighted by atomic mass is 16.5. The number of carbonyl (C=O) groups is 1. The number of hydrogen-bond donors (Lipinski definition) is 0. The van der Waals surface area contributed by atoms with Gasteiger partial charge in [-0.3, -0.25) is 4.79 Å². The molecule has 11 heavy (non-hydrogen) atoms. The summed E-state index contributed by atoms with van der Waals surface area (Å²) in [5.74, 6) is 0.762. The second-order valence-corrected chi connectivity index (χ2v) is 3.38. The maximum Gasteiger partial charge on any atom is 0.169 e. The fraction of sp³-hybridized carbons (Fsp3) is 0.667. The van der Waals surface area contributed by atoms with Crippen LogP contribution in [0.15, 0.2) is 12.2 Å². The summed E-state index contributed by atoms with van der Waals surface area (Å²) in [4.78, 5) is 11.4. The van der Waals surface area contributed by atoms with Crippen LogP contribution >= 0.6 is 0 Å². The molecule has 3 rings (SSSR count). The van der Waals surface area contributed by atoms with Gasteiger partial charge in [0.1, 0.15) is 5.60 Å². The number of hydrogen-bond acceptors (Lipinski definition) is 2. The normalized spacial score (nSPS) is 41.5. The molecule has 0 amide bonds. The Morgan fingerprint density at radius 2 is 2.55 bits per heavy atom. The van der Waals surface area contributed by atoms with Crippen LogP contribution in [0, 0.1) is 5.92 Å². The van der Waals surface area contributed by atoms with Crippen molar-refractivity contribution in [3.63, 3.8) is 0 Å². The summed E-state index contributed by atoms with van der Waals surface area (Å²) >= 11 is 0. The Morgan fingerprint density at radius 3 is 2.91 bits per heavy atom. The first-order chi connectivity index (χ1) is 5.27. The Hall–Kier alpha value is -0.630. The first-order valence-electron chi connectivity index (χ1n) is 4.05. The molecular weight excluding hydrogens is 140 g/mol. The van der Waals surface area contributed by atoms with Gasteiger partial charge >= 0.3 is 0 Å². The Morgan fingerprint density at radius 1 is 1.73 bits per heavy atom. The molecule has 0 spiro atoms. The molecule has 2 atom stereocenters. The maximum atomic E-state index is 11.4. The molecule has 2 bridgehead atoms. The van der Waals surface area contributed by atoms with Gasteiger partial charge < -0.3 is 4.74 Å². The molecule has 0 aromatic rings. The van der Waals surface area contributed by atoms with E-state index in [4.69, 9.17) is 4.74 Å². The molecule has 0 radical (unpaired) electrons. The van der Waals surface area contributed by atoms with Crippen LogP contribution in [0.4, 0.5) is 0 Å². The van der Waals surface area contributed by atoms with Crippen molar-refractivity contribution in [2.75, 3.05) is 7.11 Å². The number of Topliss-reactive ketones (excluding diaryl/α,β-unsaturated/α-hetero) is 1. The van der Waals surface area contributed by atoms with Crippen molar-refractivity contribution in [3.05, 3.63) is 12.2 Å². The van der Waals surface area contributed by atoms with Crippen LogP contribution in [-0.4, -0.2) is 18.5 Å². The number of ketones is 1. The number of fused-ring (bicyclic) bond motifs is 2. The van der Waals surface area contributed by atoms with Gasteiger partial charge in [-0.05, 0) is 24.8 Å². The fourth-order valence-corrected chi connectivity index (χ4v) is 1.97. The zero-order valence-corrected chi connectivity index (χ0v) is 6.67. The van der Waals surface area contributed by atoms with Crippen LogP contribution in [-0.2, 0) is 9.53 Å². The molecule has 1 unspecified atom stereocenters. The number of rotatable bonds is 1. The van der Waals surface area contributed by atoms with Crippen molar-refractivity contribution in [1.29, 1.82) is 0 Å². The van der Waals surface area contributed by atoms with E-state index in [1.165, 1.54) is 0 Å². The zero-order chi connectivity index (χ0) is 7.90. The van der Waals surface area contributed by atoms with E-state index >= 15 is 0 Å². The molecule has 0 aliphatic heterocycles. The van der Waals surface area contributed by atoms with Crippen LogP contribution in [0.25, 0.3) is 0 Å². The lowest BCUT2D eigenvalue weighted by molar-refractivity contribution is -0.141. The van der Waals surface area contributed by atoms with Gasteiger partial charge in [0.25, 0.3) is 0 Å². The largest absolute Gasteiger partial charge is 0.366 e. The van der Waals surface area contributed by atoms with E-state index in [0.717, 1.165) is 12.8 Å². The van der Waals surface area contributed by atoms with Crippen LogP contribution in [0.1, 0.15) is 19.3 Å². The van der Waals surface area contributed by atoms with Gasteiger partial charge in [0, 0.05) is 13.5 Å². The Labute approximate surface area is 66.2 Å². The van der Waals surface area contributed by atoms with Crippen molar-refractivity contribution < 1.29 is 9.53 Å². The van der Waals surface area contributed by atoms with Crippen molar-refractivity contribution in [1.82, 2.24) is 0 Å². The maximum absolute atomic E-state index is 11.4. The second-order valence-electron chi connectivity index (χ2n) is 3.38. The molecule has 3 aliphatic carbocycles. The minimum atomic E-state index is -0.533. The van der Waals surface area contributed by atoms with Crippen molar-refractivity contribution >= 4 is 5.78 Å². The Bertz CT molecular complexity index is 220. The predicted octanol–water partition coefficient (Wildman–Crippen LogP) is 1.31. The summed E-state index contributed by atoms with van der Waals surface area (Å²) in [5, 5.41) is 0. The molecular formula is C9H12O2. The standard InChI is InChI=1S/C9H12O2/c1-11-9-4-2-7(3-5-9)6-8(9)10/h2,4,7H,3,5-6H2,1H3/t7?,9-/m1/s1. The van der Waals surface area contributed by atoms with Crippen molar-refractivity contribution in [2.24, 2.45) is 5.92 Å². The first kappa shape index (κ1) is 7.04. The molecule has 0 N–H and O–H groups in total. The van der Waals surface area contributed by atoms with E-state index in [2.05, 4.69) is 6.08 Å². The number of carbonyl (C=O) groups excluding carboxylic acids is 1. The zero-order valence-electron chi connectivity index (χ0n) is 6.67. The third-order valence-corrected chi connectivity index (χ3v) is 2.81. The average molecular weight is 152 g/mol. The topological polar surface area (TPSA) is 26.3 Å². The SMILES string of the molecule is CO[C@]12C=CC(CC1)CC2=O. The molecule has 3 aliphatic rings. The molecule has 0 heterocycles. The van der Waals surface area contributed by atoms with Gasteiger partial charge in [0.2, 0.25) is 0 Å². The molecule has 2 heteroatoms. The van der Waals surface area contributed by atoms with Gasteiger partial charge in [-0.15, -0.1) is 0 Å². The molecule has 1 fully saturated rings. The molecule has 0 saturated heterocycles. The van der Waals surface area contributed by atoms with Gasteiger partial charge in [-0.1, -0.05) is 6.08 Å².